The van der Waals surface area contributed by atoms with Gasteiger partial charge in [-0.05, 0) is 60.2 Å². The van der Waals surface area contributed by atoms with Gasteiger partial charge in [-0.15, -0.1) is 11.3 Å². The van der Waals surface area contributed by atoms with Gasteiger partial charge < -0.3 is 5.32 Å². The maximum Gasteiger partial charge on any atom is 0.255 e. The monoisotopic (exact) mass is 428 g/mol. The lowest BCUT2D eigenvalue weighted by Crippen LogP contribution is -2.11. The van der Waals surface area contributed by atoms with Crippen molar-refractivity contribution in [2.75, 3.05) is 5.32 Å². The number of benzene rings is 3. The Labute approximate surface area is 174 Å². The van der Waals surface area contributed by atoms with Crippen molar-refractivity contribution < 1.29 is 9.18 Å². The maximum absolute atomic E-state index is 13.0. The fourth-order valence-electron chi connectivity index (χ4n) is 2.57. The second kappa shape index (κ2) is 8.31. The number of hydrogen-bond acceptors (Lipinski definition) is 4. The first-order valence-electron chi connectivity index (χ1n) is 8.41. The number of nitrogens with one attached hydrogen (secondary N) is 1. The molecule has 0 aliphatic heterocycles. The molecule has 0 atom stereocenters. The van der Waals surface area contributed by atoms with Gasteiger partial charge in [-0.2, -0.15) is 0 Å². The van der Waals surface area contributed by atoms with Crippen LogP contribution < -0.4 is 5.32 Å². The molecule has 0 fully saturated rings. The molecule has 0 aliphatic rings. The molecule has 28 heavy (non-hydrogen) atoms. The largest absolute Gasteiger partial charge is 0.322 e. The Kier molecular flexibility index (Phi) is 5.62. The Morgan fingerprint density at radius 3 is 2.57 bits per heavy atom. The van der Waals surface area contributed by atoms with E-state index in [1.54, 1.807) is 59.5 Å². The summed E-state index contributed by atoms with van der Waals surface area (Å²) in [6, 6.07) is 18.9. The van der Waals surface area contributed by atoms with Crippen molar-refractivity contribution in [1.82, 2.24) is 4.98 Å². The normalized spacial score (nSPS) is 10.9. The van der Waals surface area contributed by atoms with Crippen LogP contribution in [0.2, 0.25) is 5.02 Å². The number of carbonyl (C=O) groups excluding carboxylic acids is 1. The van der Waals surface area contributed by atoms with Gasteiger partial charge >= 0.3 is 0 Å². The van der Waals surface area contributed by atoms with Crippen LogP contribution in [0.3, 0.4) is 0 Å². The Hall–Kier alpha value is -2.41. The number of amides is 1. The average molecular weight is 429 g/mol. The first kappa shape index (κ1) is 18.9. The molecule has 0 unspecified atom stereocenters. The smallest absolute Gasteiger partial charge is 0.255 e. The minimum absolute atomic E-state index is 0.188. The summed E-state index contributed by atoms with van der Waals surface area (Å²) in [5.74, 6) is 0.300. The summed E-state index contributed by atoms with van der Waals surface area (Å²) in [5.41, 5.74) is 3.19. The quantitative estimate of drug-likeness (QED) is 0.362. The number of halogens is 2. The molecule has 0 bridgehead atoms. The second-order valence-corrected chi connectivity index (χ2v) is 8.73. The molecule has 1 heterocycles. The van der Waals surface area contributed by atoms with Crippen LogP contribution in [0.4, 0.5) is 10.1 Å². The van der Waals surface area contributed by atoms with Crippen molar-refractivity contribution in [2.24, 2.45) is 0 Å². The number of anilines is 1. The first-order chi connectivity index (χ1) is 13.6. The zero-order chi connectivity index (χ0) is 19.5. The highest BCUT2D eigenvalue weighted by molar-refractivity contribution is 8.00. The van der Waals surface area contributed by atoms with Gasteiger partial charge in [-0.1, -0.05) is 35.5 Å². The van der Waals surface area contributed by atoms with Crippen LogP contribution in [0.1, 0.15) is 15.9 Å². The zero-order valence-electron chi connectivity index (χ0n) is 14.5. The summed E-state index contributed by atoms with van der Waals surface area (Å²) < 4.78 is 14.9. The van der Waals surface area contributed by atoms with Crippen molar-refractivity contribution >= 4 is 56.5 Å². The number of rotatable bonds is 5. The van der Waals surface area contributed by atoms with Crippen molar-refractivity contribution in [1.29, 1.82) is 0 Å². The molecule has 0 saturated carbocycles. The third-order valence-corrected chi connectivity index (χ3v) is 6.49. The van der Waals surface area contributed by atoms with E-state index in [1.165, 1.54) is 12.1 Å². The van der Waals surface area contributed by atoms with Crippen LogP contribution in [-0.4, -0.2) is 10.9 Å². The van der Waals surface area contributed by atoms with E-state index in [2.05, 4.69) is 10.3 Å². The Morgan fingerprint density at radius 1 is 1.07 bits per heavy atom. The summed E-state index contributed by atoms with van der Waals surface area (Å²) >= 11 is 9.04. The van der Waals surface area contributed by atoms with Gasteiger partial charge in [0.15, 0.2) is 4.34 Å². The molecule has 4 rings (SSSR count). The Bertz CT molecular complexity index is 1130. The predicted molar refractivity (Wildman–Crippen MR) is 115 cm³/mol. The summed E-state index contributed by atoms with van der Waals surface area (Å²) in [6.45, 7) is 0. The fraction of sp³-hybridized carbons (Fsp3) is 0.0476. The maximum atomic E-state index is 13.0. The van der Waals surface area contributed by atoms with E-state index in [1.807, 2.05) is 18.2 Å². The van der Waals surface area contributed by atoms with Crippen LogP contribution in [-0.2, 0) is 5.75 Å². The molecule has 1 amide bonds. The van der Waals surface area contributed by atoms with Crippen LogP contribution in [0.25, 0.3) is 10.2 Å². The number of aromatic nitrogens is 1. The number of thioether (sulfide) groups is 1. The van der Waals surface area contributed by atoms with E-state index < -0.39 is 0 Å². The van der Waals surface area contributed by atoms with Gasteiger partial charge in [-0.25, -0.2) is 9.37 Å². The molecule has 0 spiro atoms. The van der Waals surface area contributed by atoms with E-state index in [4.69, 9.17) is 11.6 Å². The van der Waals surface area contributed by atoms with E-state index >= 15 is 0 Å². The van der Waals surface area contributed by atoms with Crippen LogP contribution >= 0.6 is 34.7 Å². The van der Waals surface area contributed by atoms with E-state index in [0.717, 1.165) is 25.9 Å². The van der Waals surface area contributed by atoms with Crippen molar-refractivity contribution in [2.45, 2.75) is 10.1 Å². The SMILES string of the molecule is O=C(Nc1ccc2nc(SCc3ccc(F)cc3)sc2c1)c1ccc(Cl)cc1. The predicted octanol–water partition coefficient (Wildman–Crippen LogP) is 6.63. The molecule has 140 valence electrons. The average Bonchev–Trinajstić information content (AvgIpc) is 3.10. The summed E-state index contributed by atoms with van der Waals surface area (Å²) in [5, 5.41) is 3.49. The number of nitrogens with zero attached hydrogens (tertiary/aromatic N) is 1. The number of fused-ring (bicyclic) bond motifs is 1. The zero-order valence-corrected chi connectivity index (χ0v) is 16.9. The third kappa shape index (κ3) is 4.52. The van der Waals surface area contributed by atoms with E-state index in [0.29, 0.717) is 16.3 Å². The van der Waals surface area contributed by atoms with Gasteiger partial charge in [0.25, 0.3) is 5.91 Å². The van der Waals surface area contributed by atoms with Gasteiger partial charge in [0.1, 0.15) is 5.82 Å². The van der Waals surface area contributed by atoms with Crippen molar-refractivity contribution in [3.8, 4) is 0 Å². The molecule has 1 N–H and O–H groups in total. The van der Waals surface area contributed by atoms with Crippen LogP contribution in [0.15, 0.2) is 71.1 Å². The summed E-state index contributed by atoms with van der Waals surface area (Å²) in [6.07, 6.45) is 0. The molecule has 7 heteroatoms. The molecule has 1 aromatic heterocycles. The second-order valence-electron chi connectivity index (χ2n) is 6.04. The first-order valence-corrected chi connectivity index (χ1v) is 10.6. The van der Waals surface area contributed by atoms with Gasteiger partial charge in [0.2, 0.25) is 0 Å². The fourth-order valence-corrected chi connectivity index (χ4v) is 4.76. The molecule has 0 saturated heterocycles. The molecular formula is C21H14ClFN2OS2. The van der Waals surface area contributed by atoms with Gasteiger partial charge in [0.05, 0.1) is 10.2 Å². The highest BCUT2D eigenvalue weighted by Crippen LogP contribution is 2.33. The number of carbonyl (C=O) groups is 1. The van der Waals surface area contributed by atoms with E-state index in [9.17, 15) is 9.18 Å². The van der Waals surface area contributed by atoms with Crippen molar-refractivity contribution in [3.63, 3.8) is 0 Å². The molecule has 0 radical (unpaired) electrons. The molecule has 3 nitrogen and oxygen atoms in total. The van der Waals surface area contributed by atoms with Crippen LogP contribution in [0.5, 0.6) is 0 Å². The van der Waals surface area contributed by atoms with Crippen molar-refractivity contribution in [3.05, 3.63) is 88.7 Å². The molecule has 3 aromatic carbocycles. The number of hydrogen-bond donors (Lipinski definition) is 1. The standard InChI is InChI=1S/C21H14ClFN2OS2/c22-15-5-3-14(4-6-15)20(26)24-17-9-10-18-19(11-17)28-21(25-18)27-12-13-1-7-16(23)8-2-13/h1-11H,12H2,(H,24,26). The Morgan fingerprint density at radius 2 is 1.82 bits per heavy atom. The summed E-state index contributed by atoms with van der Waals surface area (Å²) in [7, 11) is 0. The van der Waals surface area contributed by atoms with Gasteiger partial charge in [-0.3, -0.25) is 4.79 Å². The lowest BCUT2D eigenvalue weighted by molar-refractivity contribution is 0.102. The van der Waals surface area contributed by atoms with Gasteiger partial charge in [0, 0.05) is 22.0 Å². The molecule has 4 aromatic rings. The highest BCUT2D eigenvalue weighted by Gasteiger charge is 2.09. The minimum Gasteiger partial charge on any atom is -0.322 e. The lowest BCUT2D eigenvalue weighted by Gasteiger charge is -2.05. The third-order valence-electron chi connectivity index (χ3n) is 4.01. The topological polar surface area (TPSA) is 42.0 Å². The Balaban J connectivity index is 1.46. The number of thiazole rings is 1. The highest BCUT2D eigenvalue weighted by atomic mass is 35.5. The minimum atomic E-state index is -0.234. The molecular weight excluding hydrogens is 415 g/mol. The summed E-state index contributed by atoms with van der Waals surface area (Å²) in [4.78, 5) is 17.0. The van der Waals surface area contributed by atoms with E-state index in [-0.39, 0.29) is 11.7 Å². The lowest BCUT2D eigenvalue weighted by atomic mass is 10.2. The van der Waals surface area contributed by atoms with Crippen LogP contribution in [0, 0.1) is 5.82 Å². The molecule has 0 aliphatic carbocycles.